The standard InChI is InChI=1S/C15H27NO2/c1-18-12-13-7-9-16(10-8-13)11-15(17)14-5-3-2-4-6-14/h13-14H,2-12H2,1H3. The summed E-state index contributed by atoms with van der Waals surface area (Å²) in [6.07, 6.45) is 8.49. The molecule has 1 aliphatic heterocycles. The SMILES string of the molecule is COCC1CCN(CC(=O)C2CCCCC2)CC1. The summed E-state index contributed by atoms with van der Waals surface area (Å²) in [6, 6.07) is 0. The molecule has 1 saturated carbocycles. The van der Waals surface area contributed by atoms with Gasteiger partial charge in [-0.3, -0.25) is 9.69 Å². The van der Waals surface area contributed by atoms with Crippen LogP contribution in [0.4, 0.5) is 0 Å². The number of carbonyl (C=O) groups is 1. The number of methoxy groups -OCH3 is 1. The van der Waals surface area contributed by atoms with Crippen molar-refractivity contribution in [3.05, 3.63) is 0 Å². The third-order valence-electron chi connectivity index (χ3n) is 4.55. The van der Waals surface area contributed by atoms with Gasteiger partial charge in [-0.15, -0.1) is 0 Å². The first-order chi connectivity index (χ1) is 8.79. The number of Topliss-reactive ketones (excluding diaryl/α,β-unsaturated/α-hetero) is 1. The zero-order valence-corrected chi connectivity index (χ0v) is 11.7. The maximum atomic E-state index is 12.2. The minimum Gasteiger partial charge on any atom is -0.384 e. The highest BCUT2D eigenvalue weighted by Crippen LogP contribution is 2.25. The van der Waals surface area contributed by atoms with E-state index in [0.717, 1.165) is 32.5 Å². The lowest BCUT2D eigenvalue weighted by Crippen LogP contribution is -2.40. The Kier molecular flexibility index (Phi) is 5.64. The summed E-state index contributed by atoms with van der Waals surface area (Å²) < 4.78 is 5.21. The van der Waals surface area contributed by atoms with Crippen LogP contribution in [0.5, 0.6) is 0 Å². The molecule has 2 fully saturated rings. The molecule has 0 amide bonds. The summed E-state index contributed by atoms with van der Waals surface area (Å²) in [5.41, 5.74) is 0. The molecule has 0 radical (unpaired) electrons. The van der Waals surface area contributed by atoms with E-state index in [1.807, 2.05) is 0 Å². The third-order valence-corrected chi connectivity index (χ3v) is 4.55. The predicted octanol–water partition coefficient (Wildman–Crippen LogP) is 2.49. The summed E-state index contributed by atoms with van der Waals surface area (Å²) in [4.78, 5) is 14.6. The van der Waals surface area contributed by atoms with Crippen LogP contribution in [-0.2, 0) is 9.53 Å². The normalized spacial score (nSPS) is 24.3. The summed E-state index contributed by atoms with van der Waals surface area (Å²) in [5.74, 6) is 1.58. The summed E-state index contributed by atoms with van der Waals surface area (Å²) in [5, 5.41) is 0. The number of hydrogen-bond acceptors (Lipinski definition) is 3. The van der Waals surface area contributed by atoms with Gasteiger partial charge in [-0.25, -0.2) is 0 Å². The molecular formula is C15H27NO2. The molecule has 1 saturated heterocycles. The highest BCUT2D eigenvalue weighted by atomic mass is 16.5. The van der Waals surface area contributed by atoms with E-state index in [2.05, 4.69) is 4.90 Å². The number of hydrogen-bond donors (Lipinski definition) is 0. The fourth-order valence-corrected chi connectivity index (χ4v) is 3.32. The smallest absolute Gasteiger partial charge is 0.149 e. The van der Waals surface area contributed by atoms with Gasteiger partial charge in [0.1, 0.15) is 5.78 Å². The molecule has 1 aliphatic carbocycles. The van der Waals surface area contributed by atoms with Gasteiger partial charge in [0.2, 0.25) is 0 Å². The Morgan fingerprint density at radius 3 is 2.39 bits per heavy atom. The molecule has 0 aromatic rings. The molecular weight excluding hydrogens is 226 g/mol. The van der Waals surface area contributed by atoms with Crippen molar-refractivity contribution in [2.24, 2.45) is 11.8 Å². The van der Waals surface area contributed by atoms with E-state index in [1.54, 1.807) is 7.11 Å². The van der Waals surface area contributed by atoms with Crippen LogP contribution < -0.4 is 0 Å². The highest BCUT2D eigenvalue weighted by molar-refractivity contribution is 5.83. The number of ketones is 1. The van der Waals surface area contributed by atoms with Crippen molar-refractivity contribution < 1.29 is 9.53 Å². The van der Waals surface area contributed by atoms with E-state index in [9.17, 15) is 4.79 Å². The van der Waals surface area contributed by atoms with Crippen LogP contribution in [-0.4, -0.2) is 44.0 Å². The van der Waals surface area contributed by atoms with E-state index >= 15 is 0 Å². The molecule has 0 spiro atoms. The molecule has 2 aliphatic rings. The topological polar surface area (TPSA) is 29.5 Å². The fraction of sp³-hybridized carbons (Fsp3) is 0.933. The summed E-state index contributed by atoms with van der Waals surface area (Å²) in [6.45, 7) is 3.73. The third kappa shape index (κ3) is 4.06. The van der Waals surface area contributed by atoms with Gasteiger partial charge in [-0.1, -0.05) is 19.3 Å². The van der Waals surface area contributed by atoms with Gasteiger partial charge in [-0.2, -0.15) is 0 Å². The first kappa shape index (κ1) is 14.0. The first-order valence-electron chi connectivity index (χ1n) is 7.53. The lowest BCUT2D eigenvalue weighted by atomic mass is 9.86. The van der Waals surface area contributed by atoms with Crippen LogP contribution in [0.25, 0.3) is 0 Å². The number of nitrogens with zero attached hydrogens (tertiary/aromatic N) is 1. The molecule has 3 nitrogen and oxygen atoms in total. The van der Waals surface area contributed by atoms with Gasteiger partial charge in [0.15, 0.2) is 0 Å². The minimum absolute atomic E-state index is 0.371. The quantitative estimate of drug-likeness (QED) is 0.754. The van der Waals surface area contributed by atoms with Gasteiger partial charge < -0.3 is 4.74 Å². The van der Waals surface area contributed by atoms with Crippen molar-refractivity contribution in [2.75, 3.05) is 33.4 Å². The number of rotatable bonds is 5. The molecule has 104 valence electrons. The van der Waals surface area contributed by atoms with Crippen LogP contribution in [0, 0.1) is 11.8 Å². The zero-order valence-electron chi connectivity index (χ0n) is 11.7. The Bertz CT molecular complexity index is 253. The zero-order chi connectivity index (χ0) is 12.8. The number of likely N-dealkylation sites (tertiary alicyclic amines) is 1. The fourth-order valence-electron chi connectivity index (χ4n) is 3.32. The van der Waals surface area contributed by atoms with Crippen LogP contribution in [0.1, 0.15) is 44.9 Å². The second-order valence-electron chi connectivity index (χ2n) is 5.98. The van der Waals surface area contributed by atoms with Crippen molar-refractivity contribution >= 4 is 5.78 Å². The van der Waals surface area contributed by atoms with E-state index in [-0.39, 0.29) is 0 Å². The molecule has 0 aromatic carbocycles. The second kappa shape index (κ2) is 7.25. The molecule has 18 heavy (non-hydrogen) atoms. The number of carbonyl (C=O) groups excluding carboxylic acids is 1. The average molecular weight is 253 g/mol. The molecule has 0 unspecified atom stereocenters. The summed E-state index contributed by atoms with van der Waals surface area (Å²) >= 11 is 0. The van der Waals surface area contributed by atoms with Gasteiger partial charge in [0.25, 0.3) is 0 Å². The number of piperidine rings is 1. The lowest BCUT2D eigenvalue weighted by molar-refractivity contribution is -0.125. The van der Waals surface area contributed by atoms with Gasteiger partial charge in [0, 0.05) is 19.6 Å². The van der Waals surface area contributed by atoms with E-state index < -0.39 is 0 Å². The first-order valence-corrected chi connectivity index (χ1v) is 7.53. The monoisotopic (exact) mass is 253 g/mol. The van der Waals surface area contributed by atoms with E-state index in [1.165, 1.54) is 32.1 Å². The molecule has 0 atom stereocenters. The Morgan fingerprint density at radius 1 is 1.11 bits per heavy atom. The molecule has 3 heteroatoms. The molecule has 0 aromatic heterocycles. The maximum absolute atomic E-state index is 12.2. The van der Waals surface area contributed by atoms with Gasteiger partial charge in [-0.05, 0) is 44.7 Å². The van der Waals surface area contributed by atoms with E-state index in [4.69, 9.17) is 4.74 Å². The Balaban J connectivity index is 1.68. The molecule has 0 bridgehead atoms. The molecule has 1 heterocycles. The molecule has 0 N–H and O–H groups in total. The van der Waals surface area contributed by atoms with Crippen LogP contribution in [0.15, 0.2) is 0 Å². The molecule has 2 rings (SSSR count). The Labute approximate surface area is 111 Å². The number of ether oxygens (including phenoxy) is 1. The maximum Gasteiger partial charge on any atom is 0.149 e. The lowest BCUT2D eigenvalue weighted by Gasteiger charge is -2.32. The summed E-state index contributed by atoms with van der Waals surface area (Å²) in [7, 11) is 1.78. The minimum atomic E-state index is 0.371. The second-order valence-corrected chi connectivity index (χ2v) is 5.98. The van der Waals surface area contributed by atoms with Gasteiger partial charge >= 0.3 is 0 Å². The highest BCUT2D eigenvalue weighted by Gasteiger charge is 2.25. The van der Waals surface area contributed by atoms with Crippen molar-refractivity contribution in [3.63, 3.8) is 0 Å². The van der Waals surface area contributed by atoms with Crippen molar-refractivity contribution in [1.29, 1.82) is 0 Å². The average Bonchev–Trinajstić information content (AvgIpc) is 2.42. The van der Waals surface area contributed by atoms with E-state index in [0.29, 0.717) is 24.2 Å². The van der Waals surface area contributed by atoms with Crippen LogP contribution in [0.3, 0.4) is 0 Å². The van der Waals surface area contributed by atoms with Crippen LogP contribution >= 0.6 is 0 Å². The Hall–Kier alpha value is -0.410. The largest absolute Gasteiger partial charge is 0.384 e. The Morgan fingerprint density at radius 2 is 1.78 bits per heavy atom. The van der Waals surface area contributed by atoms with Crippen molar-refractivity contribution in [3.8, 4) is 0 Å². The van der Waals surface area contributed by atoms with Crippen molar-refractivity contribution in [1.82, 2.24) is 4.90 Å². The van der Waals surface area contributed by atoms with Crippen LogP contribution in [0.2, 0.25) is 0 Å². The predicted molar refractivity (Wildman–Crippen MR) is 72.6 cm³/mol. The van der Waals surface area contributed by atoms with Gasteiger partial charge in [0.05, 0.1) is 6.54 Å². The van der Waals surface area contributed by atoms with Crippen molar-refractivity contribution in [2.45, 2.75) is 44.9 Å².